The van der Waals surface area contributed by atoms with Gasteiger partial charge < -0.3 is 10.1 Å². The van der Waals surface area contributed by atoms with Crippen LogP contribution in [0.2, 0.25) is 0 Å². The lowest BCUT2D eigenvalue weighted by atomic mass is 9.80. The summed E-state index contributed by atoms with van der Waals surface area (Å²) in [4.78, 5) is 13.7. The normalized spacial score (nSPS) is 35.2. The van der Waals surface area contributed by atoms with E-state index in [1.165, 1.54) is 32.9 Å². The number of amides is 1. The number of hydrogen-bond donors (Lipinski definition) is 1. The van der Waals surface area contributed by atoms with Gasteiger partial charge in [0.2, 0.25) is 0 Å². The van der Waals surface area contributed by atoms with Crippen LogP contribution in [0, 0.1) is 5.92 Å². The molecule has 2 rings (SSSR count). The van der Waals surface area contributed by atoms with Crippen molar-refractivity contribution in [3.63, 3.8) is 0 Å². The SMILES string of the molecule is COC(=O)NC1CCCN(C2CC(C)C2)C1. The number of nitrogens with one attached hydrogen (secondary N) is 1. The van der Waals surface area contributed by atoms with Crippen molar-refractivity contribution in [2.45, 2.75) is 44.7 Å². The standard InChI is InChI=1S/C12H22N2O2/c1-9-6-11(7-9)14-5-3-4-10(8-14)13-12(15)16-2/h9-11H,3-8H2,1-2H3,(H,13,15). The lowest BCUT2D eigenvalue weighted by molar-refractivity contribution is 0.0556. The molecule has 1 saturated heterocycles. The van der Waals surface area contributed by atoms with E-state index in [9.17, 15) is 4.79 Å². The molecule has 1 saturated carbocycles. The molecular formula is C12H22N2O2. The molecule has 0 aromatic heterocycles. The minimum atomic E-state index is -0.297. The maximum absolute atomic E-state index is 11.1. The number of methoxy groups -OCH3 is 1. The summed E-state index contributed by atoms with van der Waals surface area (Å²) >= 11 is 0. The zero-order valence-corrected chi connectivity index (χ0v) is 10.2. The molecule has 1 unspecified atom stereocenters. The van der Waals surface area contributed by atoms with Gasteiger partial charge in [-0.15, -0.1) is 0 Å². The number of rotatable bonds is 2. The van der Waals surface area contributed by atoms with Crippen molar-refractivity contribution < 1.29 is 9.53 Å². The number of ether oxygens (including phenoxy) is 1. The molecule has 1 aliphatic carbocycles. The molecule has 0 bridgehead atoms. The van der Waals surface area contributed by atoms with Crippen molar-refractivity contribution in [1.29, 1.82) is 0 Å². The van der Waals surface area contributed by atoms with E-state index in [2.05, 4.69) is 21.9 Å². The van der Waals surface area contributed by atoms with Crippen molar-refractivity contribution in [2.24, 2.45) is 5.92 Å². The second-order valence-electron chi connectivity index (χ2n) is 5.20. The molecule has 4 heteroatoms. The van der Waals surface area contributed by atoms with Crippen LogP contribution in [0.25, 0.3) is 0 Å². The maximum Gasteiger partial charge on any atom is 0.407 e. The Kier molecular flexibility index (Phi) is 3.69. The predicted molar refractivity (Wildman–Crippen MR) is 62.3 cm³/mol. The lowest BCUT2D eigenvalue weighted by Gasteiger charge is -2.45. The maximum atomic E-state index is 11.1. The molecule has 2 aliphatic rings. The van der Waals surface area contributed by atoms with E-state index in [1.54, 1.807) is 0 Å². The molecule has 4 nitrogen and oxygen atoms in total. The van der Waals surface area contributed by atoms with Crippen LogP contribution in [0.3, 0.4) is 0 Å². The van der Waals surface area contributed by atoms with Gasteiger partial charge in [-0.3, -0.25) is 4.90 Å². The molecule has 0 aromatic rings. The minimum Gasteiger partial charge on any atom is -0.453 e. The number of nitrogens with zero attached hydrogens (tertiary/aromatic N) is 1. The monoisotopic (exact) mass is 226 g/mol. The van der Waals surface area contributed by atoms with Crippen LogP contribution >= 0.6 is 0 Å². The Labute approximate surface area is 97.3 Å². The molecule has 16 heavy (non-hydrogen) atoms. The zero-order chi connectivity index (χ0) is 11.5. The van der Waals surface area contributed by atoms with Crippen molar-refractivity contribution in [3.05, 3.63) is 0 Å². The van der Waals surface area contributed by atoms with Crippen molar-refractivity contribution in [2.75, 3.05) is 20.2 Å². The van der Waals surface area contributed by atoms with Crippen molar-refractivity contribution in [1.82, 2.24) is 10.2 Å². The number of carbonyl (C=O) groups is 1. The van der Waals surface area contributed by atoms with Crippen LogP contribution in [0.5, 0.6) is 0 Å². The molecule has 0 aromatic carbocycles. The van der Waals surface area contributed by atoms with Gasteiger partial charge in [0.05, 0.1) is 7.11 Å². The fraction of sp³-hybridized carbons (Fsp3) is 0.917. The largest absolute Gasteiger partial charge is 0.453 e. The van der Waals surface area contributed by atoms with Gasteiger partial charge in [-0.1, -0.05) is 6.92 Å². The predicted octanol–water partition coefficient (Wildman–Crippen LogP) is 1.61. The summed E-state index contributed by atoms with van der Waals surface area (Å²) in [7, 11) is 1.42. The molecule has 2 fully saturated rings. The van der Waals surface area contributed by atoms with E-state index < -0.39 is 0 Å². The van der Waals surface area contributed by atoms with E-state index >= 15 is 0 Å². The van der Waals surface area contributed by atoms with Gasteiger partial charge in [-0.25, -0.2) is 4.79 Å². The number of piperidine rings is 1. The molecule has 1 N–H and O–H groups in total. The zero-order valence-electron chi connectivity index (χ0n) is 10.2. The minimum absolute atomic E-state index is 0.275. The highest BCUT2D eigenvalue weighted by Gasteiger charge is 2.33. The Hall–Kier alpha value is -0.770. The summed E-state index contributed by atoms with van der Waals surface area (Å²) in [5, 5.41) is 2.91. The van der Waals surface area contributed by atoms with Crippen molar-refractivity contribution in [3.8, 4) is 0 Å². The number of alkyl carbamates (subject to hydrolysis) is 1. The molecule has 1 aliphatic heterocycles. The fourth-order valence-electron chi connectivity index (χ4n) is 2.84. The van der Waals surface area contributed by atoms with Gasteiger partial charge in [0.15, 0.2) is 0 Å². The molecular weight excluding hydrogens is 204 g/mol. The van der Waals surface area contributed by atoms with Crippen LogP contribution < -0.4 is 5.32 Å². The first-order valence-corrected chi connectivity index (χ1v) is 6.27. The first-order valence-electron chi connectivity index (χ1n) is 6.27. The summed E-state index contributed by atoms with van der Waals surface area (Å²) in [5.41, 5.74) is 0. The second kappa shape index (κ2) is 5.04. The summed E-state index contributed by atoms with van der Waals surface area (Å²) in [6, 6.07) is 1.04. The average molecular weight is 226 g/mol. The quantitative estimate of drug-likeness (QED) is 0.777. The topological polar surface area (TPSA) is 41.6 Å². The Morgan fingerprint density at radius 2 is 2.19 bits per heavy atom. The van der Waals surface area contributed by atoms with Crippen LogP contribution in [0.4, 0.5) is 4.79 Å². The highest BCUT2D eigenvalue weighted by atomic mass is 16.5. The van der Waals surface area contributed by atoms with Gasteiger partial charge in [0.25, 0.3) is 0 Å². The third kappa shape index (κ3) is 2.67. The number of likely N-dealkylation sites (tertiary alicyclic amines) is 1. The van der Waals surface area contributed by atoms with Crippen LogP contribution in [-0.2, 0) is 4.74 Å². The summed E-state index contributed by atoms with van der Waals surface area (Å²) < 4.78 is 4.64. The highest BCUT2D eigenvalue weighted by molar-refractivity contribution is 5.67. The Bertz CT molecular complexity index is 251. The van der Waals surface area contributed by atoms with Gasteiger partial charge in [-0.05, 0) is 38.1 Å². The lowest BCUT2D eigenvalue weighted by Crippen LogP contribution is -2.53. The summed E-state index contributed by atoms with van der Waals surface area (Å²) in [5.74, 6) is 0.888. The summed E-state index contributed by atoms with van der Waals surface area (Å²) in [6.07, 6.45) is 4.61. The first-order chi connectivity index (χ1) is 7.69. The molecule has 1 atom stereocenters. The van der Waals surface area contributed by atoms with Gasteiger partial charge in [-0.2, -0.15) is 0 Å². The van der Waals surface area contributed by atoms with E-state index in [4.69, 9.17) is 0 Å². The number of carbonyl (C=O) groups excluding carboxylic acids is 1. The second-order valence-corrected chi connectivity index (χ2v) is 5.20. The van der Waals surface area contributed by atoms with Gasteiger partial charge in [0, 0.05) is 18.6 Å². The highest BCUT2D eigenvalue weighted by Crippen LogP contribution is 2.32. The molecule has 1 heterocycles. The third-order valence-electron chi connectivity index (χ3n) is 3.83. The molecule has 0 radical (unpaired) electrons. The fourth-order valence-corrected chi connectivity index (χ4v) is 2.84. The number of hydrogen-bond acceptors (Lipinski definition) is 3. The first kappa shape index (κ1) is 11.7. The third-order valence-corrected chi connectivity index (χ3v) is 3.83. The molecule has 1 amide bonds. The Balaban J connectivity index is 1.77. The van der Waals surface area contributed by atoms with Crippen LogP contribution in [0.1, 0.15) is 32.6 Å². The van der Waals surface area contributed by atoms with E-state index in [0.29, 0.717) is 0 Å². The molecule has 0 spiro atoms. The smallest absolute Gasteiger partial charge is 0.407 e. The van der Waals surface area contributed by atoms with Gasteiger partial charge in [0.1, 0.15) is 0 Å². The Morgan fingerprint density at radius 3 is 2.81 bits per heavy atom. The van der Waals surface area contributed by atoms with Crippen LogP contribution in [0.15, 0.2) is 0 Å². The average Bonchev–Trinajstić information content (AvgIpc) is 2.25. The molecule has 92 valence electrons. The van der Waals surface area contributed by atoms with Gasteiger partial charge >= 0.3 is 6.09 Å². The van der Waals surface area contributed by atoms with Crippen molar-refractivity contribution >= 4 is 6.09 Å². The Morgan fingerprint density at radius 1 is 1.44 bits per heavy atom. The summed E-state index contributed by atoms with van der Waals surface area (Å²) in [6.45, 7) is 4.49. The van der Waals surface area contributed by atoms with Crippen LogP contribution in [-0.4, -0.2) is 43.3 Å². The van der Waals surface area contributed by atoms with E-state index in [0.717, 1.165) is 24.9 Å². The van der Waals surface area contributed by atoms with E-state index in [1.807, 2.05) is 0 Å². The van der Waals surface area contributed by atoms with E-state index in [-0.39, 0.29) is 12.1 Å².